The van der Waals surface area contributed by atoms with Crippen molar-refractivity contribution >= 4 is 11.9 Å². The van der Waals surface area contributed by atoms with Crippen molar-refractivity contribution in [3.05, 3.63) is 65.2 Å². The number of hydrogen-bond donors (Lipinski definition) is 1. The molecule has 0 fully saturated rings. The number of carbonyl (C=O) groups excluding carboxylic acids is 2. The van der Waals surface area contributed by atoms with Crippen LogP contribution in [0.25, 0.3) is 0 Å². The highest BCUT2D eigenvalue weighted by atomic mass is 19.4. The van der Waals surface area contributed by atoms with Crippen molar-refractivity contribution in [2.75, 3.05) is 14.2 Å². The number of ether oxygens (including phenoxy) is 2. The second-order valence-corrected chi connectivity index (χ2v) is 5.68. The van der Waals surface area contributed by atoms with E-state index in [4.69, 9.17) is 9.47 Å². The number of hydrogen-bond acceptors (Lipinski definition) is 4. The van der Waals surface area contributed by atoms with E-state index in [1.165, 1.54) is 13.2 Å². The SMILES string of the molecule is COC(=O)[C@@H](Cc1cccc(OC)c1)NC(=O)c1cccc(C(F)(F)F)c1. The average Bonchev–Trinajstić information content (AvgIpc) is 2.66. The lowest BCUT2D eigenvalue weighted by Crippen LogP contribution is -2.43. The smallest absolute Gasteiger partial charge is 0.416 e. The number of carbonyl (C=O) groups is 2. The van der Waals surface area contributed by atoms with Gasteiger partial charge in [-0.1, -0.05) is 18.2 Å². The van der Waals surface area contributed by atoms with E-state index < -0.39 is 29.7 Å². The fraction of sp³-hybridized carbons (Fsp3) is 0.263. The van der Waals surface area contributed by atoms with Crippen LogP contribution in [0.4, 0.5) is 13.2 Å². The van der Waals surface area contributed by atoms with Crippen LogP contribution in [0.5, 0.6) is 5.75 Å². The largest absolute Gasteiger partial charge is 0.497 e. The summed E-state index contributed by atoms with van der Waals surface area (Å²) in [6.07, 6.45) is -4.48. The summed E-state index contributed by atoms with van der Waals surface area (Å²) in [4.78, 5) is 24.4. The highest BCUT2D eigenvalue weighted by Gasteiger charge is 2.31. The van der Waals surface area contributed by atoms with E-state index >= 15 is 0 Å². The number of methoxy groups -OCH3 is 2. The summed E-state index contributed by atoms with van der Waals surface area (Å²) in [5, 5.41) is 2.43. The van der Waals surface area contributed by atoms with E-state index in [2.05, 4.69) is 5.32 Å². The van der Waals surface area contributed by atoms with Crippen LogP contribution >= 0.6 is 0 Å². The van der Waals surface area contributed by atoms with Gasteiger partial charge in [0.05, 0.1) is 19.8 Å². The van der Waals surface area contributed by atoms with Crippen molar-refractivity contribution in [3.8, 4) is 5.75 Å². The summed E-state index contributed by atoms with van der Waals surface area (Å²) in [7, 11) is 2.66. The van der Waals surface area contributed by atoms with Gasteiger partial charge in [-0.15, -0.1) is 0 Å². The maximum absolute atomic E-state index is 12.8. The average molecular weight is 381 g/mol. The molecule has 0 bridgehead atoms. The van der Waals surface area contributed by atoms with Crippen molar-refractivity contribution in [2.45, 2.75) is 18.6 Å². The molecule has 0 aliphatic heterocycles. The number of esters is 1. The van der Waals surface area contributed by atoms with Crippen LogP contribution in [0.2, 0.25) is 0 Å². The van der Waals surface area contributed by atoms with Crippen molar-refractivity contribution in [1.82, 2.24) is 5.32 Å². The molecule has 2 aromatic rings. The first-order chi connectivity index (χ1) is 12.7. The van der Waals surface area contributed by atoms with E-state index in [0.29, 0.717) is 11.3 Å². The Morgan fingerprint density at radius 1 is 1.07 bits per heavy atom. The fourth-order valence-corrected chi connectivity index (χ4v) is 2.45. The van der Waals surface area contributed by atoms with Crippen LogP contribution < -0.4 is 10.1 Å². The Morgan fingerprint density at radius 2 is 1.78 bits per heavy atom. The summed E-state index contributed by atoms with van der Waals surface area (Å²) >= 11 is 0. The van der Waals surface area contributed by atoms with Crippen LogP contribution in [-0.4, -0.2) is 32.1 Å². The van der Waals surface area contributed by atoms with Gasteiger partial charge in [-0.25, -0.2) is 4.79 Å². The highest BCUT2D eigenvalue weighted by molar-refractivity contribution is 5.97. The number of benzene rings is 2. The van der Waals surface area contributed by atoms with Gasteiger partial charge in [0.15, 0.2) is 0 Å². The lowest BCUT2D eigenvalue weighted by atomic mass is 10.0. The zero-order chi connectivity index (χ0) is 20.0. The topological polar surface area (TPSA) is 64.6 Å². The quantitative estimate of drug-likeness (QED) is 0.781. The molecule has 144 valence electrons. The molecule has 1 atom stereocenters. The molecule has 0 saturated carbocycles. The van der Waals surface area contributed by atoms with Crippen molar-refractivity contribution in [3.63, 3.8) is 0 Å². The van der Waals surface area contributed by atoms with Crippen LogP contribution in [0, 0.1) is 0 Å². The van der Waals surface area contributed by atoms with Gasteiger partial charge in [0.1, 0.15) is 11.8 Å². The summed E-state index contributed by atoms with van der Waals surface area (Å²) in [6, 6.07) is 9.76. The molecule has 0 unspecified atom stereocenters. The Kier molecular flexibility index (Phi) is 6.44. The predicted octanol–water partition coefficient (Wildman–Crippen LogP) is 3.23. The Hall–Kier alpha value is -3.03. The van der Waals surface area contributed by atoms with Crippen LogP contribution in [0.3, 0.4) is 0 Å². The minimum absolute atomic E-state index is 0.0918. The Morgan fingerprint density at radius 3 is 2.41 bits per heavy atom. The summed E-state index contributed by atoms with van der Waals surface area (Å²) in [6.45, 7) is 0. The van der Waals surface area contributed by atoms with E-state index in [9.17, 15) is 22.8 Å². The maximum atomic E-state index is 12.8. The number of rotatable bonds is 6. The van der Waals surface area contributed by atoms with Gasteiger partial charge in [-0.2, -0.15) is 13.2 Å². The molecule has 8 heteroatoms. The standard InChI is InChI=1S/C19H18F3NO4/c1-26-15-8-3-5-12(9-15)10-16(18(25)27-2)23-17(24)13-6-4-7-14(11-13)19(20,21)22/h3-9,11,16H,10H2,1-2H3,(H,23,24)/t16-/m1/s1. The van der Waals surface area contributed by atoms with E-state index in [1.807, 2.05) is 0 Å². The zero-order valence-electron chi connectivity index (χ0n) is 14.7. The van der Waals surface area contributed by atoms with Gasteiger partial charge in [0.25, 0.3) is 5.91 Å². The lowest BCUT2D eigenvalue weighted by Gasteiger charge is -2.17. The summed E-state index contributed by atoms with van der Waals surface area (Å²) < 4.78 is 48.3. The van der Waals surface area contributed by atoms with Crippen molar-refractivity contribution in [2.24, 2.45) is 0 Å². The molecule has 0 aliphatic carbocycles. The molecule has 1 N–H and O–H groups in total. The third-order valence-electron chi connectivity index (χ3n) is 3.82. The Bertz CT molecular complexity index is 821. The molecule has 0 aliphatic rings. The fourth-order valence-electron chi connectivity index (χ4n) is 2.45. The Balaban J connectivity index is 2.20. The molecule has 5 nitrogen and oxygen atoms in total. The number of nitrogens with one attached hydrogen (secondary N) is 1. The first kappa shape index (κ1) is 20.3. The normalized spacial score (nSPS) is 12.2. The third kappa shape index (κ3) is 5.47. The van der Waals surface area contributed by atoms with Gasteiger partial charge in [0, 0.05) is 12.0 Å². The molecule has 1 amide bonds. The van der Waals surface area contributed by atoms with Gasteiger partial charge in [0.2, 0.25) is 0 Å². The first-order valence-corrected chi connectivity index (χ1v) is 7.93. The summed E-state index contributed by atoms with van der Waals surface area (Å²) in [5.41, 5.74) is -0.462. The molecule has 2 aromatic carbocycles. The zero-order valence-corrected chi connectivity index (χ0v) is 14.7. The second kappa shape index (κ2) is 8.57. The van der Waals surface area contributed by atoms with E-state index in [0.717, 1.165) is 25.3 Å². The minimum Gasteiger partial charge on any atom is -0.497 e. The van der Waals surface area contributed by atoms with Gasteiger partial charge < -0.3 is 14.8 Å². The first-order valence-electron chi connectivity index (χ1n) is 7.93. The van der Waals surface area contributed by atoms with Crippen molar-refractivity contribution < 1.29 is 32.2 Å². The second-order valence-electron chi connectivity index (χ2n) is 5.68. The van der Waals surface area contributed by atoms with Crippen LogP contribution in [0.15, 0.2) is 48.5 Å². The lowest BCUT2D eigenvalue weighted by molar-refractivity contribution is -0.143. The molecule has 27 heavy (non-hydrogen) atoms. The van der Waals surface area contributed by atoms with Gasteiger partial charge >= 0.3 is 12.1 Å². The maximum Gasteiger partial charge on any atom is 0.416 e. The summed E-state index contributed by atoms with van der Waals surface area (Å²) in [5.74, 6) is -0.946. The highest BCUT2D eigenvalue weighted by Crippen LogP contribution is 2.29. The molecule has 0 heterocycles. The molecule has 0 saturated heterocycles. The minimum atomic E-state index is -4.57. The van der Waals surface area contributed by atoms with Gasteiger partial charge in [-0.3, -0.25) is 4.79 Å². The third-order valence-corrected chi connectivity index (χ3v) is 3.82. The molecular formula is C19H18F3NO4. The van der Waals surface area contributed by atoms with Crippen LogP contribution in [0.1, 0.15) is 21.5 Å². The molecule has 2 rings (SSSR count). The molecule has 0 aromatic heterocycles. The number of amides is 1. The van der Waals surface area contributed by atoms with E-state index in [1.54, 1.807) is 24.3 Å². The van der Waals surface area contributed by atoms with Crippen LogP contribution in [-0.2, 0) is 22.1 Å². The molecule has 0 radical (unpaired) electrons. The van der Waals surface area contributed by atoms with Crippen molar-refractivity contribution in [1.29, 1.82) is 0 Å². The molecular weight excluding hydrogens is 363 g/mol. The van der Waals surface area contributed by atoms with E-state index in [-0.39, 0.29) is 12.0 Å². The molecule has 0 spiro atoms. The number of alkyl halides is 3. The monoisotopic (exact) mass is 381 g/mol. The van der Waals surface area contributed by atoms with Gasteiger partial charge in [-0.05, 0) is 35.9 Å². The predicted molar refractivity (Wildman–Crippen MR) is 91.4 cm³/mol. The number of halogens is 3. The Labute approximate surface area is 154 Å².